The number of aromatic nitrogens is 2. The lowest BCUT2D eigenvalue weighted by atomic mass is 9.89. The van der Waals surface area contributed by atoms with E-state index in [4.69, 9.17) is 22.1 Å². The molecule has 0 radical (unpaired) electrons. The number of thioether (sulfide) groups is 1. The standard InChI is InChI=1S/C28H31ClN4O2S2/c1-18(21-5-3-4-6-22(21)29)35-25-16-26(37-27(25)28(30)34)33-17-31-23-8-7-20(15-24(23)33)19-9-11-32(12-10-19)13-14-36-2/h3-8,15-19H,9-14H2,1-2H3,(H2,30,34). The van der Waals surface area contributed by atoms with Crippen LogP contribution in [0.15, 0.2) is 54.9 Å². The molecule has 1 aliphatic rings. The molecule has 0 aliphatic carbocycles. The summed E-state index contributed by atoms with van der Waals surface area (Å²) in [5, 5.41) is 1.45. The number of carbonyl (C=O) groups is 1. The summed E-state index contributed by atoms with van der Waals surface area (Å²) in [6, 6.07) is 16.0. The Morgan fingerprint density at radius 1 is 1.24 bits per heavy atom. The highest BCUT2D eigenvalue weighted by Gasteiger charge is 2.23. The van der Waals surface area contributed by atoms with Gasteiger partial charge in [-0.05, 0) is 68.8 Å². The molecular formula is C28H31ClN4O2S2. The lowest BCUT2D eigenvalue weighted by molar-refractivity contribution is 0.0998. The number of amides is 1. The van der Waals surface area contributed by atoms with Crippen LogP contribution in [0.3, 0.4) is 0 Å². The van der Waals surface area contributed by atoms with Crippen molar-refractivity contribution in [2.45, 2.75) is 31.8 Å². The largest absolute Gasteiger partial charge is 0.484 e. The predicted molar refractivity (Wildman–Crippen MR) is 155 cm³/mol. The fourth-order valence-corrected chi connectivity index (χ4v) is 6.62. The number of rotatable bonds is 9. The van der Waals surface area contributed by atoms with E-state index < -0.39 is 5.91 Å². The average molecular weight is 555 g/mol. The smallest absolute Gasteiger partial charge is 0.262 e. The van der Waals surface area contributed by atoms with Crippen molar-refractivity contribution in [1.29, 1.82) is 0 Å². The van der Waals surface area contributed by atoms with Crippen LogP contribution in [-0.2, 0) is 0 Å². The molecule has 2 aromatic carbocycles. The molecule has 2 N–H and O–H groups in total. The van der Waals surface area contributed by atoms with Gasteiger partial charge in [-0.3, -0.25) is 9.36 Å². The van der Waals surface area contributed by atoms with Crippen LogP contribution < -0.4 is 10.5 Å². The summed E-state index contributed by atoms with van der Waals surface area (Å²) in [5.74, 6) is 1.66. The summed E-state index contributed by atoms with van der Waals surface area (Å²) >= 11 is 9.58. The van der Waals surface area contributed by atoms with Gasteiger partial charge in [0.05, 0.1) is 11.0 Å². The zero-order chi connectivity index (χ0) is 25.9. The van der Waals surface area contributed by atoms with E-state index in [1.165, 1.54) is 29.2 Å². The molecule has 1 aliphatic heterocycles. The van der Waals surface area contributed by atoms with Crippen LogP contribution in [0.5, 0.6) is 5.75 Å². The van der Waals surface area contributed by atoms with Crippen molar-refractivity contribution in [3.05, 3.63) is 75.9 Å². The first kappa shape index (κ1) is 26.1. The Labute approximate surface area is 230 Å². The molecule has 2 aromatic heterocycles. The third-order valence-corrected chi connectivity index (χ3v) is 9.10. The number of benzene rings is 2. The number of ether oxygens (including phenoxy) is 1. The number of nitrogens with zero attached hydrogens (tertiary/aromatic N) is 3. The maximum absolute atomic E-state index is 12.3. The molecule has 0 saturated carbocycles. The number of likely N-dealkylation sites (tertiary alicyclic amines) is 1. The minimum atomic E-state index is -0.518. The molecule has 194 valence electrons. The Hall–Kier alpha value is -2.52. The summed E-state index contributed by atoms with van der Waals surface area (Å²) < 4.78 is 8.23. The number of hydrogen-bond donors (Lipinski definition) is 1. The summed E-state index contributed by atoms with van der Waals surface area (Å²) in [5.41, 5.74) is 9.87. The van der Waals surface area contributed by atoms with E-state index in [-0.39, 0.29) is 6.10 Å². The monoisotopic (exact) mass is 554 g/mol. The SMILES string of the molecule is CSCCN1CCC(c2ccc3ncn(-c4cc(OC(C)c5ccccc5Cl)c(C(N)=O)s4)c3c2)CC1. The topological polar surface area (TPSA) is 73.4 Å². The minimum Gasteiger partial charge on any atom is -0.484 e. The summed E-state index contributed by atoms with van der Waals surface area (Å²) in [4.78, 5) is 19.9. The molecule has 37 heavy (non-hydrogen) atoms. The number of thiophene rings is 1. The van der Waals surface area contributed by atoms with E-state index in [1.807, 2.05) is 53.6 Å². The summed E-state index contributed by atoms with van der Waals surface area (Å²) in [6.45, 7) is 5.36. The van der Waals surface area contributed by atoms with Crippen molar-refractivity contribution in [3.63, 3.8) is 0 Å². The predicted octanol–water partition coefficient (Wildman–Crippen LogP) is 6.52. The molecule has 5 rings (SSSR count). The second-order valence-electron chi connectivity index (χ2n) is 9.40. The van der Waals surface area contributed by atoms with Gasteiger partial charge in [-0.25, -0.2) is 4.98 Å². The van der Waals surface area contributed by atoms with E-state index in [0.717, 1.165) is 47.5 Å². The number of imidazole rings is 1. The molecule has 1 unspecified atom stereocenters. The third-order valence-electron chi connectivity index (χ3n) is 7.04. The molecular weight excluding hydrogens is 524 g/mol. The normalized spacial score (nSPS) is 15.8. The number of carbonyl (C=O) groups excluding carboxylic acids is 1. The van der Waals surface area contributed by atoms with E-state index in [9.17, 15) is 4.79 Å². The molecule has 0 bridgehead atoms. The lowest BCUT2D eigenvalue weighted by Gasteiger charge is -2.32. The van der Waals surface area contributed by atoms with Crippen LogP contribution in [0.1, 0.15) is 52.6 Å². The number of halogens is 1. The number of fused-ring (bicyclic) bond motifs is 1. The van der Waals surface area contributed by atoms with Gasteiger partial charge in [0.1, 0.15) is 28.1 Å². The van der Waals surface area contributed by atoms with Gasteiger partial charge in [0.15, 0.2) is 0 Å². The van der Waals surface area contributed by atoms with Crippen LogP contribution in [0.4, 0.5) is 0 Å². The van der Waals surface area contributed by atoms with Gasteiger partial charge in [-0.1, -0.05) is 35.9 Å². The number of piperidine rings is 1. The number of primary amides is 1. The highest BCUT2D eigenvalue weighted by atomic mass is 35.5. The molecule has 1 saturated heterocycles. The Kier molecular flexibility index (Phi) is 8.09. The molecule has 6 nitrogen and oxygen atoms in total. The molecule has 4 aromatic rings. The van der Waals surface area contributed by atoms with E-state index in [1.54, 1.807) is 6.33 Å². The van der Waals surface area contributed by atoms with Crippen LogP contribution >= 0.6 is 34.7 Å². The average Bonchev–Trinajstić information content (AvgIpc) is 3.51. The van der Waals surface area contributed by atoms with E-state index in [0.29, 0.717) is 21.6 Å². The fourth-order valence-electron chi connectivity index (χ4n) is 4.96. The van der Waals surface area contributed by atoms with Crippen molar-refractivity contribution >= 4 is 51.6 Å². The van der Waals surface area contributed by atoms with Gasteiger partial charge in [-0.2, -0.15) is 11.8 Å². The van der Waals surface area contributed by atoms with Crippen molar-refractivity contribution in [2.75, 3.05) is 31.6 Å². The van der Waals surface area contributed by atoms with Gasteiger partial charge < -0.3 is 15.4 Å². The van der Waals surface area contributed by atoms with Crippen molar-refractivity contribution in [2.24, 2.45) is 5.73 Å². The van der Waals surface area contributed by atoms with Crippen LogP contribution in [-0.4, -0.2) is 52.0 Å². The van der Waals surface area contributed by atoms with Crippen LogP contribution in [0.25, 0.3) is 16.0 Å². The third kappa shape index (κ3) is 5.67. The van der Waals surface area contributed by atoms with Crippen molar-refractivity contribution in [3.8, 4) is 10.8 Å². The summed E-state index contributed by atoms with van der Waals surface area (Å²) in [6.07, 6.45) is 5.95. The molecule has 9 heteroatoms. The van der Waals surface area contributed by atoms with E-state index >= 15 is 0 Å². The van der Waals surface area contributed by atoms with Gasteiger partial charge >= 0.3 is 0 Å². The second kappa shape index (κ2) is 11.5. The molecule has 1 fully saturated rings. The maximum atomic E-state index is 12.3. The highest BCUT2D eigenvalue weighted by Crippen LogP contribution is 2.38. The maximum Gasteiger partial charge on any atom is 0.262 e. The van der Waals surface area contributed by atoms with Crippen molar-refractivity contribution in [1.82, 2.24) is 14.5 Å². The number of hydrogen-bond acceptors (Lipinski definition) is 6. The van der Waals surface area contributed by atoms with Gasteiger partial charge in [-0.15, -0.1) is 11.3 Å². The highest BCUT2D eigenvalue weighted by molar-refractivity contribution is 7.98. The van der Waals surface area contributed by atoms with Crippen molar-refractivity contribution < 1.29 is 9.53 Å². The number of nitrogens with two attached hydrogens (primary N) is 1. The Morgan fingerprint density at radius 2 is 2.03 bits per heavy atom. The molecule has 1 amide bonds. The van der Waals surface area contributed by atoms with Crippen LogP contribution in [0, 0.1) is 0 Å². The second-order valence-corrected chi connectivity index (χ2v) is 11.8. The summed E-state index contributed by atoms with van der Waals surface area (Å²) in [7, 11) is 0. The first-order chi connectivity index (χ1) is 17.9. The molecule has 0 spiro atoms. The molecule has 1 atom stereocenters. The van der Waals surface area contributed by atoms with Gasteiger partial charge in [0.2, 0.25) is 0 Å². The first-order valence-electron chi connectivity index (χ1n) is 12.5. The Morgan fingerprint density at radius 3 is 2.76 bits per heavy atom. The Balaban J connectivity index is 1.41. The van der Waals surface area contributed by atoms with Gasteiger partial charge in [0.25, 0.3) is 5.91 Å². The van der Waals surface area contributed by atoms with Crippen LogP contribution in [0.2, 0.25) is 5.02 Å². The first-order valence-corrected chi connectivity index (χ1v) is 15.1. The Bertz CT molecular complexity index is 1390. The zero-order valence-electron chi connectivity index (χ0n) is 21.0. The van der Waals surface area contributed by atoms with Gasteiger partial charge in [0, 0.05) is 29.0 Å². The lowest BCUT2D eigenvalue weighted by Crippen LogP contribution is -2.34. The minimum absolute atomic E-state index is 0.345. The zero-order valence-corrected chi connectivity index (χ0v) is 23.4. The van der Waals surface area contributed by atoms with E-state index in [2.05, 4.69) is 34.3 Å². The molecule has 3 heterocycles. The fraction of sp³-hybridized carbons (Fsp3) is 0.357. The quantitative estimate of drug-likeness (QED) is 0.255.